The van der Waals surface area contributed by atoms with Crippen molar-refractivity contribution in [1.29, 1.82) is 0 Å². The van der Waals surface area contributed by atoms with Gasteiger partial charge in [0.15, 0.2) is 0 Å². The summed E-state index contributed by atoms with van der Waals surface area (Å²) in [5.41, 5.74) is 1.99. The van der Waals surface area contributed by atoms with Crippen LogP contribution in [0.5, 0.6) is 0 Å². The number of ether oxygens (including phenoxy) is 1. The van der Waals surface area contributed by atoms with Crippen molar-refractivity contribution >= 4 is 6.29 Å². The van der Waals surface area contributed by atoms with E-state index in [9.17, 15) is 4.79 Å². The van der Waals surface area contributed by atoms with Crippen molar-refractivity contribution in [1.82, 2.24) is 0 Å². The summed E-state index contributed by atoms with van der Waals surface area (Å²) >= 11 is 0. The Labute approximate surface area is 83.3 Å². The van der Waals surface area contributed by atoms with Crippen LogP contribution in [0.25, 0.3) is 0 Å². The van der Waals surface area contributed by atoms with Gasteiger partial charge in [-0.25, -0.2) is 0 Å². The molecule has 1 atom stereocenters. The molecule has 0 unspecified atom stereocenters. The SMILES string of the molecule is COCc1cccc(C[C@H](O)C=O)c1. The molecule has 14 heavy (non-hydrogen) atoms. The zero-order chi connectivity index (χ0) is 10.4. The summed E-state index contributed by atoms with van der Waals surface area (Å²) in [5.74, 6) is 0. The summed E-state index contributed by atoms with van der Waals surface area (Å²) in [6.45, 7) is 0.547. The van der Waals surface area contributed by atoms with Crippen molar-refractivity contribution in [2.45, 2.75) is 19.1 Å². The monoisotopic (exact) mass is 194 g/mol. The average Bonchev–Trinajstić information content (AvgIpc) is 2.19. The summed E-state index contributed by atoms with van der Waals surface area (Å²) in [6.07, 6.45) is -0.00266. The Kier molecular flexibility index (Phi) is 4.29. The fourth-order valence-electron chi connectivity index (χ4n) is 1.30. The molecule has 0 amide bonds. The van der Waals surface area contributed by atoms with Gasteiger partial charge in [0, 0.05) is 13.5 Å². The Bertz CT molecular complexity index is 296. The molecule has 3 nitrogen and oxygen atoms in total. The van der Waals surface area contributed by atoms with Gasteiger partial charge in [0.05, 0.1) is 6.61 Å². The fourth-order valence-corrected chi connectivity index (χ4v) is 1.30. The quantitative estimate of drug-likeness (QED) is 0.709. The highest BCUT2D eigenvalue weighted by atomic mass is 16.5. The van der Waals surface area contributed by atoms with Crippen molar-refractivity contribution in [2.24, 2.45) is 0 Å². The standard InChI is InChI=1S/C11H14O3/c1-14-8-10-4-2-3-9(5-10)6-11(13)7-12/h2-5,7,11,13H,6,8H2,1H3/t11-/m0/s1. The van der Waals surface area contributed by atoms with E-state index in [4.69, 9.17) is 9.84 Å². The number of hydrogen-bond acceptors (Lipinski definition) is 3. The predicted octanol–water partition coefficient (Wildman–Crippen LogP) is 0.935. The van der Waals surface area contributed by atoms with Gasteiger partial charge in [-0.1, -0.05) is 24.3 Å². The second-order valence-corrected chi connectivity index (χ2v) is 3.16. The van der Waals surface area contributed by atoms with Crippen LogP contribution in [0.4, 0.5) is 0 Å². The van der Waals surface area contributed by atoms with Gasteiger partial charge >= 0.3 is 0 Å². The molecule has 0 aliphatic rings. The maximum Gasteiger partial charge on any atom is 0.148 e. The number of aliphatic hydroxyl groups is 1. The lowest BCUT2D eigenvalue weighted by Gasteiger charge is -2.05. The van der Waals surface area contributed by atoms with Gasteiger partial charge in [0.1, 0.15) is 12.4 Å². The highest BCUT2D eigenvalue weighted by molar-refractivity contribution is 5.56. The molecule has 1 aromatic carbocycles. The van der Waals surface area contributed by atoms with E-state index in [1.54, 1.807) is 7.11 Å². The Balaban J connectivity index is 2.67. The molecule has 1 N–H and O–H groups in total. The number of benzene rings is 1. The molecule has 1 aromatic rings. The number of carbonyl (C=O) groups is 1. The van der Waals surface area contributed by atoms with E-state index in [-0.39, 0.29) is 0 Å². The first kappa shape index (κ1) is 10.9. The molecule has 0 heterocycles. The van der Waals surface area contributed by atoms with Crippen molar-refractivity contribution < 1.29 is 14.6 Å². The third kappa shape index (κ3) is 3.28. The zero-order valence-corrected chi connectivity index (χ0v) is 8.14. The smallest absolute Gasteiger partial charge is 0.148 e. The summed E-state index contributed by atoms with van der Waals surface area (Å²) in [4.78, 5) is 10.2. The van der Waals surface area contributed by atoms with Crippen molar-refractivity contribution in [3.63, 3.8) is 0 Å². The number of aliphatic hydroxyl groups excluding tert-OH is 1. The molecule has 0 saturated heterocycles. The molecule has 0 saturated carbocycles. The van der Waals surface area contributed by atoms with Gasteiger partial charge in [-0.2, -0.15) is 0 Å². The maximum absolute atomic E-state index is 10.2. The number of aldehydes is 1. The molecule has 0 aliphatic carbocycles. The number of rotatable bonds is 5. The Hall–Kier alpha value is -1.19. The summed E-state index contributed by atoms with van der Waals surface area (Å²) in [7, 11) is 1.63. The van der Waals surface area contributed by atoms with Crippen LogP contribution >= 0.6 is 0 Å². The van der Waals surface area contributed by atoms with E-state index in [0.717, 1.165) is 11.1 Å². The first-order chi connectivity index (χ1) is 6.76. The van der Waals surface area contributed by atoms with Gasteiger partial charge in [0.2, 0.25) is 0 Å². The number of hydrogen-bond donors (Lipinski definition) is 1. The van der Waals surface area contributed by atoms with E-state index in [1.807, 2.05) is 24.3 Å². The van der Waals surface area contributed by atoms with Crippen LogP contribution in [-0.4, -0.2) is 24.6 Å². The Morgan fingerprint density at radius 2 is 2.21 bits per heavy atom. The summed E-state index contributed by atoms with van der Waals surface area (Å²) in [6, 6.07) is 7.64. The highest BCUT2D eigenvalue weighted by Gasteiger charge is 2.03. The second kappa shape index (κ2) is 5.52. The van der Waals surface area contributed by atoms with Gasteiger partial charge in [-0.3, -0.25) is 0 Å². The molecule has 0 aliphatic heterocycles. The van der Waals surface area contributed by atoms with Crippen molar-refractivity contribution in [2.75, 3.05) is 7.11 Å². The van der Waals surface area contributed by atoms with Crippen LogP contribution in [0.3, 0.4) is 0 Å². The van der Waals surface area contributed by atoms with E-state index in [2.05, 4.69) is 0 Å². The molecule has 0 fully saturated rings. The Morgan fingerprint density at radius 1 is 1.50 bits per heavy atom. The van der Waals surface area contributed by atoms with Gasteiger partial charge < -0.3 is 14.6 Å². The molecule has 0 radical (unpaired) electrons. The molecule has 3 heteroatoms. The average molecular weight is 194 g/mol. The number of methoxy groups -OCH3 is 1. The third-order valence-electron chi connectivity index (χ3n) is 1.90. The van der Waals surface area contributed by atoms with E-state index < -0.39 is 6.10 Å². The van der Waals surface area contributed by atoms with Crippen molar-refractivity contribution in [3.8, 4) is 0 Å². The van der Waals surface area contributed by atoms with Gasteiger partial charge in [-0.05, 0) is 11.1 Å². The summed E-state index contributed by atoms with van der Waals surface area (Å²) in [5, 5.41) is 9.13. The maximum atomic E-state index is 10.2. The molecule has 76 valence electrons. The van der Waals surface area contributed by atoms with Gasteiger partial charge in [-0.15, -0.1) is 0 Å². The van der Waals surface area contributed by atoms with E-state index in [0.29, 0.717) is 19.3 Å². The highest BCUT2D eigenvalue weighted by Crippen LogP contribution is 2.08. The molecule has 1 rings (SSSR count). The first-order valence-corrected chi connectivity index (χ1v) is 4.46. The first-order valence-electron chi connectivity index (χ1n) is 4.46. The molecule has 0 spiro atoms. The van der Waals surface area contributed by atoms with Crippen LogP contribution in [0.15, 0.2) is 24.3 Å². The Morgan fingerprint density at radius 3 is 2.86 bits per heavy atom. The predicted molar refractivity (Wildman–Crippen MR) is 52.9 cm³/mol. The van der Waals surface area contributed by atoms with Crippen LogP contribution in [0, 0.1) is 0 Å². The second-order valence-electron chi connectivity index (χ2n) is 3.16. The zero-order valence-electron chi connectivity index (χ0n) is 8.14. The summed E-state index contributed by atoms with van der Waals surface area (Å²) < 4.78 is 4.98. The van der Waals surface area contributed by atoms with E-state index in [1.165, 1.54) is 0 Å². The topological polar surface area (TPSA) is 46.5 Å². The van der Waals surface area contributed by atoms with Crippen LogP contribution in [0.1, 0.15) is 11.1 Å². The van der Waals surface area contributed by atoms with Crippen LogP contribution in [0.2, 0.25) is 0 Å². The minimum Gasteiger partial charge on any atom is -0.385 e. The fraction of sp³-hybridized carbons (Fsp3) is 0.364. The van der Waals surface area contributed by atoms with E-state index >= 15 is 0 Å². The lowest BCUT2D eigenvalue weighted by atomic mass is 10.1. The minimum absolute atomic E-state index is 0.362. The van der Waals surface area contributed by atoms with Crippen LogP contribution < -0.4 is 0 Å². The molecule has 0 bridgehead atoms. The third-order valence-corrected chi connectivity index (χ3v) is 1.90. The molecule has 0 aromatic heterocycles. The largest absolute Gasteiger partial charge is 0.385 e. The van der Waals surface area contributed by atoms with Gasteiger partial charge in [0.25, 0.3) is 0 Å². The lowest BCUT2D eigenvalue weighted by molar-refractivity contribution is -0.114. The molecular weight excluding hydrogens is 180 g/mol. The lowest BCUT2D eigenvalue weighted by Crippen LogP contribution is -2.11. The van der Waals surface area contributed by atoms with Crippen LogP contribution in [-0.2, 0) is 22.6 Å². The van der Waals surface area contributed by atoms with Crippen molar-refractivity contribution in [3.05, 3.63) is 35.4 Å². The minimum atomic E-state index is -0.909. The molecular formula is C11H14O3. The normalized spacial score (nSPS) is 12.4. The number of carbonyl (C=O) groups excluding carboxylic acids is 1.